The van der Waals surface area contributed by atoms with Crippen LogP contribution in [-0.2, 0) is 11.2 Å². The molecule has 1 atom stereocenters. The van der Waals surface area contributed by atoms with Gasteiger partial charge in [-0.2, -0.15) is 0 Å². The van der Waals surface area contributed by atoms with E-state index in [1.165, 1.54) is 5.56 Å². The van der Waals surface area contributed by atoms with Crippen LogP contribution in [0.25, 0.3) is 0 Å². The summed E-state index contributed by atoms with van der Waals surface area (Å²) in [5.41, 5.74) is 11.7. The molecule has 1 heterocycles. The number of hydrogen-bond donors (Lipinski definition) is 1. The number of carbonyl (C=O) groups excluding carboxylic acids is 1. The summed E-state index contributed by atoms with van der Waals surface area (Å²) in [5.74, 6) is 0.133. The lowest BCUT2D eigenvalue weighted by Gasteiger charge is -2.16. The summed E-state index contributed by atoms with van der Waals surface area (Å²) in [6.07, 6.45) is 0.462. The highest BCUT2D eigenvalue weighted by Gasteiger charge is 2.24. The summed E-state index contributed by atoms with van der Waals surface area (Å²) >= 11 is 3.55. The Hall–Kier alpha value is -1.65. The molecule has 1 unspecified atom stereocenters. The molecule has 0 spiro atoms. The number of halogens is 1. The van der Waals surface area contributed by atoms with Crippen LogP contribution < -0.4 is 10.6 Å². The molecule has 21 heavy (non-hydrogen) atoms. The fourth-order valence-electron chi connectivity index (χ4n) is 2.68. The Bertz CT molecular complexity index is 727. The lowest BCUT2D eigenvalue weighted by Crippen LogP contribution is -2.20. The third-order valence-electron chi connectivity index (χ3n) is 4.09. The molecule has 3 rings (SSSR count). The molecule has 108 valence electrons. The van der Waals surface area contributed by atoms with Crippen molar-refractivity contribution in [2.75, 3.05) is 11.9 Å². The van der Waals surface area contributed by atoms with E-state index in [-0.39, 0.29) is 11.9 Å². The number of likely N-dealkylation sites (N-methyl/N-ethyl adjacent to an activating group) is 1. The van der Waals surface area contributed by atoms with Crippen LogP contribution in [-0.4, -0.2) is 13.0 Å². The summed E-state index contributed by atoms with van der Waals surface area (Å²) in [7, 11) is 1.81. The number of aryl methyl sites for hydroxylation is 1. The summed E-state index contributed by atoms with van der Waals surface area (Å²) < 4.78 is 1.06. The largest absolute Gasteiger partial charge is 0.320 e. The molecule has 0 bridgehead atoms. The van der Waals surface area contributed by atoms with Crippen molar-refractivity contribution in [2.45, 2.75) is 19.4 Å². The van der Waals surface area contributed by atoms with Gasteiger partial charge in [0.25, 0.3) is 0 Å². The molecule has 1 aliphatic rings. The van der Waals surface area contributed by atoms with Crippen LogP contribution in [0.4, 0.5) is 5.69 Å². The highest BCUT2D eigenvalue weighted by molar-refractivity contribution is 9.10. The summed E-state index contributed by atoms with van der Waals surface area (Å²) in [4.78, 5) is 13.5. The molecule has 0 aromatic heterocycles. The normalized spacial score (nSPS) is 15.2. The minimum Gasteiger partial charge on any atom is -0.320 e. The van der Waals surface area contributed by atoms with Gasteiger partial charge in [0.2, 0.25) is 5.91 Å². The second-order valence-electron chi connectivity index (χ2n) is 5.50. The molecular weight excluding hydrogens is 328 g/mol. The SMILES string of the molecule is Cc1ccc(C(N)c2ccc3c(c2)CC(=O)N3C)cc1Br. The Morgan fingerprint density at radius 3 is 2.57 bits per heavy atom. The molecule has 1 aliphatic heterocycles. The van der Waals surface area contributed by atoms with Crippen molar-refractivity contribution in [3.63, 3.8) is 0 Å². The van der Waals surface area contributed by atoms with Gasteiger partial charge in [0.1, 0.15) is 0 Å². The van der Waals surface area contributed by atoms with Gasteiger partial charge >= 0.3 is 0 Å². The van der Waals surface area contributed by atoms with E-state index in [1.807, 2.05) is 19.2 Å². The van der Waals surface area contributed by atoms with Crippen LogP contribution in [0.1, 0.15) is 28.3 Å². The number of benzene rings is 2. The zero-order chi connectivity index (χ0) is 15.1. The van der Waals surface area contributed by atoms with Gasteiger partial charge in [-0.15, -0.1) is 0 Å². The van der Waals surface area contributed by atoms with Gasteiger partial charge in [0, 0.05) is 17.2 Å². The first kappa shape index (κ1) is 14.3. The zero-order valence-electron chi connectivity index (χ0n) is 12.1. The van der Waals surface area contributed by atoms with Crippen LogP contribution in [0.15, 0.2) is 40.9 Å². The first-order valence-corrected chi connectivity index (χ1v) is 7.67. The molecular formula is C17H17BrN2O. The maximum absolute atomic E-state index is 11.8. The Morgan fingerprint density at radius 2 is 1.86 bits per heavy atom. The molecule has 0 fully saturated rings. The van der Waals surface area contributed by atoms with Crippen LogP contribution in [0.2, 0.25) is 0 Å². The quantitative estimate of drug-likeness (QED) is 0.908. The second-order valence-corrected chi connectivity index (χ2v) is 6.36. The van der Waals surface area contributed by atoms with Gasteiger partial charge in [-0.05, 0) is 41.3 Å². The lowest BCUT2D eigenvalue weighted by molar-refractivity contribution is -0.117. The fourth-order valence-corrected chi connectivity index (χ4v) is 3.08. The van der Waals surface area contributed by atoms with Crippen molar-refractivity contribution in [3.8, 4) is 0 Å². The highest BCUT2D eigenvalue weighted by Crippen LogP contribution is 2.32. The first-order valence-electron chi connectivity index (χ1n) is 6.88. The summed E-state index contributed by atoms with van der Waals surface area (Å²) in [6, 6.07) is 12.0. The Labute approximate surface area is 132 Å². The number of anilines is 1. The van der Waals surface area contributed by atoms with E-state index in [2.05, 4.69) is 47.1 Å². The van der Waals surface area contributed by atoms with E-state index in [0.29, 0.717) is 6.42 Å². The number of hydrogen-bond acceptors (Lipinski definition) is 2. The maximum atomic E-state index is 11.8. The molecule has 1 amide bonds. The Kier molecular flexibility index (Phi) is 3.59. The van der Waals surface area contributed by atoms with Crippen molar-refractivity contribution >= 4 is 27.5 Å². The van der Waals surface area contributed by atoms with Crippen molar-refractivity contribution < 1.29 is 4.79 Å². The van der Waals surface area contributed by atoms with Crippen LogP contribution in [0, 0.1) is 6.92 Å². The van der Waals surface area contributed by atoms with Crippen LogP contribution in [0.5, 0.6) is 0 Å². The van der Waals surface area contributed by atoms with E-state index in [4.69, 9.17) is 5.73 Å². The third-order valence-corrected chi connectivity index (χ3v) is 4.95. The van der Waals surface area contributed by atoms with E-state index < -0.39 is 0 Å². The second kappa shape index (κ2) is 5.28. The molecule has 0 radical (unpaired) electrons. The Morgan fingerprint density at radius 1 is 1.19 bits per heavy atom. The monoisotopic (exact) mass is 344 g/mol. The van der Waals surface area contributed by atoms with Gasteiger partial charge in [-0.3, -0.25) is 4.79 Å². The van der Waals surface area contributed by atoms with E-state index in [1.54, 1.807) is 4.90 Å². The van der Waals surface area contributed by atoms with Crippen molar-refractivity contribution in [1.29, 1.82) is 0 Å². The highest BCUT2D eigenvalue weighted by atomic mass is 79.9. The molecule has 3 nitrogen and oxygen atoms in total. The Balaban J connectivity index is 1.96. The van der Waals surface area contributed by atoms with E-state index in [9.17, 15) is 4.79 Å². The van der Waals surface area contributed by atoms with Crippen LogP contribution in [0.3, 0.4) is 0 Å². The average molecular weight is 345 g/mol. The zero-order valence-corrected chi connectivity index (χ0v) is 13.6. The molecule has 0 aliphatic carbocycles. The minimum atomic E-state index is -0.187. The average Bonchev–Trinajstić information content (AvgIpc) is 2.76. The molecule has 0 saturated carbocycles. The summed E-state index contributed by atoms with van der Waals surface area (Å²) in [5, 5.41) is 0. The lowest BCUT2D eigenvalue weighted by atomic mass is 9.96. The van der Waals surface area contributed by atoms with Crippen molar-refractivity contribution in [3.05, 3.63) is 63.1 Å². The van der Waals surface area contributed by atoms with Crippen molar-refractivity contribution in [2.24, 2.45) is 5.73 Å². The number of nitrogens with two attached hydrogens (primary N) is 1. The number of rotatable bonds is 2. The van der Waals surface area contributed by atoms with Gasteiger partial charge in [0.15, 0.2) is 0 Å². The number of amides is 1. The third kappa shape index (κ3) is 2.49. The number of nitrogens with zero attached hydrogens (tertiary/aromatic N) is 1. The first-order chi connectivity index (χ1) is 9.97. The van der Waals surface area contributed by atoms with Gasteiger partial charge in [0.05, 0.1) is 12.5 Å². The summed E-state index contributed by atoms with van der Waals surface area (Å²) in [6.45, 7) is 2.05. The van der Waals surface area contributed by atoms with Crippen molar-refractivity contribution in [1.82, 2.24) is 0 Å². The predicted octanol–water partition coefficient (Wildman–Crippen LogP) is 3.32. The fraction of sp³-hybridized carbons (Fsp3) is 0.235. The topological polar surface area (TPSA) is 46.3 Å². The van der Waals surface area contributed by atoms with Crippen LogP contribution >= 0.6 is 15.9 Å². The predicted molar refractivity (Wildman–Crippen MR) is 88.5 cm³/mol. The molecule has 2 N–H and O–H groups in total. The molecule has 2 aromatic rings. The number of fused-ring (bicyclic) bond motifs is 1. The smallest absolute Gasteiger partial charge is 0.231 e. The molecule has 4 heteroatoms. The van der Waals surface area contributed by atoms with E-state index >= 15 is 0 Å². The van der Waals surface area contributed by atoms with Gasteiger partial charge in [-0.25, -0.2) is 0 Å². The minimum absolute atomic E-state index is 0.133. The van der Waals surface area contributed by atoms with Gasteiger partial charge in [-0.1, -0.05) is 40.2 Å². The standard InChI is InChI=1S/C17H17BrN2O/c1-10-3-4-12(8-14(10)18)17(19)11-5-6-15-13(7-11)9-16(21)20(15)2/h3-8,17H,9,19H2,1-2H3. The van der Waals surface area contributed by atoms with E-state index in [0.717, 1.165) is 26.9 Å². The molecule has 0 saturated heterocycles. The van der Waals surface area contributed by atoms with Gasteiger partial charge < -0.3 is 10.6 Å². The maximum Gasteiger partial charge on any atom is 0.231 e. The molecule has 2 aromatic carbocycles. The number of carbonyl (C=O) groups is 1.